The van der Waals surface area contributed by atoms with Crippen LogP contribution < -0.4 is 5.32 Å². The van der Waals surface area contributed by atoms with Crippen molar-refractivity contribution >= 4 is 11.9 Å². The number of aromatic nitrogens is 3. The first-order chi connectivity index (χ1) is 12.6. The lowest BCUT2D eigenvalue weighted by atomic mass is 10.2. The first-order valence-electron chi connectivity index (χ1n) is 7.75. The number of hydrogen-bond acceptors (Lipinski definition) is 5. The molecule has 2 aromatic carbocycles. The van der Waals surface area contributed by atoms with Crippen molar-refractivity contribution in [3.63, 3.8) is 0 Å². The van der Waals surface area contributed by atoms with Crippen LogP contribution >= 0.6 is 0 Å². The van der Waals surface area contributed by atoms with Gasteiger partial charge in [-0.15, -0.1) is 0 Å². The molecule has 0 aliphatic heterocycles. The van der Waals surface area contributed by atoms with Crippen LogP contribution in [0.25, 0.3) is 5.69 Å². The van der Waals surface area contributed by atoms with Crippen molar-refractivity contribution in [3.05, 3.63) is 78.1 Å². The van der Waals surface area contributed by atoms with Crippen molar-refractivity contribution in [2.75, 3.05) is 6.61 Å². The third-order valence-electron chi connectivity index (χ3n) is 3.52. The summed E-state index contributed by atoms with van der Waals surface area (Å²) in [4.78, 5) is 27.6. The van der Waals surface area contributed by atoms with Crippen LogP contribution in [-0.2, 0) is 16.1 Å². The van der Waals surface area contributed by atoms with Crippen molar-refractivity contribution in [1.29, 1.82) is 0 Å². The molecule has 26 heavy (non-hydrogen) atoms. The van der Waals surface area contributed by atoms with Gasteiger partial charge in [-0.2, -0.15) is 5.10 Å². The van der Waals surface area contributed by atoms with Gasteiger partial charge in [-0.05, 0) is 42.0 Å². The van der Waals surface area contributed by atoms with Crippen LogP contribution in [0.3, 0.4) is 0 Å². The molecule has 0 fully saturated rings. The molecular weight excluding hydrogens is 339 g/mol. The van der Waals surface area contributed by atoms with Gasteiger partial charge in [0, 0.05) is 6.54 Å². The number of nitrogens with one attached hydrogen (secondary N) is 1. The van der Waals surface area contributed by atoms with Gasteiger partial charge in [0.15, 0.2) is 6.61 Å². The van der Waals surface area contributed by atoms with Crippen LogP contribution in [-0.4, -0.2) is 33.2 Å². The first-order valence-corrected chi connectivity index (χ1v) is 7.75. The van der Waals surface area contributed by atoms with E-state index in [1.54, 1.807) is 47.4 Å². The first kappa shape index (κ1) is 17.3. The van der Waals surface area contributed by atoms with Crippen LogP contribution in [0.15, 0.2) is 61.2 Å². The van der Waals surface area contributed by atoms with Gasteiger partial charge in [-0.1, -0.05) is 12.1 Å². The fourth-order valence-corrected chi connectivity index (χ4v) is 2.16. The van der Waals surface area contributed by atoms with Crippen LogP contribution in [0.5, 0.6) is 0 Å². The Balaban J connectivity index is 1.47. The van der Waals surface area contributed by atoms with Crippen molar-refractivity contribution in [1.82, 2.24) is 20.1 Å². The van der Waals surface area contributed by atoms with Gasteiger partial charge >= 0.3 is 5.97 Å². The Bertz CT molecular complexity index is 878. The molecule has 1 N–H and O–H groups in total. The molecule has 3 rings (SSSR count). The SMILES string of the molecule is O=C(COC(=O)c1ccc(-n2cncn2)cc1)NCc1ccc(F)cc1. The zero-order valence-corrected chi connectivity index (χ0v) is 13.6. The minimum atomic E-state index is -0.605. The Morgan fingerprint density at radius 1 is 1.08 bits per heavy atom. The normalized spacial score (nSPS) is 10.3. The van der Waals surface area contributed by atoms with E-state index in [0.717, 1.165) is 11.3 Å². The lowest BCUT2D eigenvalue weighted by molar-refractivity contribution is -0.124. The Kier molecular flexibility index (Phi) is 5.33. The molecule has 132 valence electrons. The van der Waals surface area contributed by atoms with Crippen LogP contribution in [0, 0.1) is 5.82 Å². The summed E-state index contributed by atoms with van der Waals surface area (Å²) in [7, 11) is 0. The number of rotatable bonds is 6. The summed E-state index contributed by atoms with van der Waals surface area (Å²) in [5.74, 6) is -1.39. The minimum Gasteiger partial charge on any atom is -0.452 e. The standard InChI is InChI=1S/C18H15FN4O3/c19-15-5-1-13(2-6-15)9-21-17(24)10-26-18(25)14-3-7-16(8-4-14)23-12-20-11-22-23/h1-8,11-12H,9-10H2,(H,21,24). The molecule has 7 nitrogen and oxygen atoms in total. The predicted molar refractivity (Wildman–Crippen MR) is 89.9 cm³/mol. The molecule has 1 amide bonds. The molecule has 0 spiro atoms. The topological polar surface area (TPSA) is 86.1 Å². The van der Waals surface area contributed by atoms with Gasteiger partial charge in [0.25, 0.3) is 5.91 Å². The summed E-state index contributed by atoms with van der Waals surface area (Å²) in [5, 5.41) is 6.58. The van der Waals surface area contributed by atoms with E-state index < -0.39 is 18.5 Å². The van der Waals surface area contributed by atoms with Gasteiger partial charge in [0.1, 0.15) is 18.5 Å². The lowest BCUT2D eigenvalue weighted by Gasteiger charge is -2.07. The average molecular weight is 354 g/mol. The number of benzene rings is 2. The van der Waals surface area contributed by atoms with Crippen molar-refractivity contribution in [2.45, 2.75) is 6.54 Å². The van der Waals surface area contributed by atoms with Gasteiger partial charge in [-0.25, -0.2) is 18.9 Å². The zero-order chi connectivity index (χ0) is 18.4. The van der Waals surface area contributed by atoms with E-state index in [9.17, 15) is 14.0 Å². The Hall–Kier alpha value is -3.55. The van der Waals surface area contributed by atoms with Crippen molar-refractivity contribution < 1.29 is 18.7 Å². The Morgan fingerprint density at radius 2 is 1.81 bits per heavy atom. The molecule has 0 unspecified atom stereocenters. The molecule has 0 saturated carbocycles. The summed E-state index contributed by atoms with van der Waals surface area (Å²) in [6, 6.07) is 12.3. The van der Waals surface area contributed by atoms with E-state index in [1.807, 2.05) is 0 Å². The maximum absolute atomic E-state index is 12.8. The Labute approximate surface area is 148 Å². The highest BCUT2D eigenvalue weighted by Gasteiger charge is 2.10. The molecule has 0 bridgehead atoms. The third-order valence-corrected chi connectivity index (χ3v) is 3.52. The third kappa shape index (κ3) is 4.50. The van der Waals surface area contributed by atoms with Gasteiger partial charge in [0.05, 0.1) is 11.3 Å². The summed E-state index contributed by atoms with van der Waals surface area (Å²) in [6.07, 6.45) is 2.95. The summed E-state index contributed by atoms with van der Waals surface area (Å²) < 4.78 is 19.3. The highest BCUT2D eigenvalue weighted by molar-refractivity contribution is 5.91. The number of esters is 1. The van der Waals surface area contributed by atoms with Gasteiger partial charge in [-0.3, -0.25) is 4.79 Å². The van der Waals surface area contributed by atoms with Gasteiger partial charge in [0.2, 0.25) is 0 Å². The van der Waals surface area contributed by atoms with E-state index in [-0.39, 0.29) is 12.4 Å². The monoisotopic (exact) mass is 354 g/mol. The quantitative estimate of drug-likeness (QED) is 0.683. The number of halogens is 1. The molecule has 0 radical (unpaired) electrons. The largest absolute Gasteiger partial charge is 0.452 e. The van der Waals surface area contributed by atoms with E-state index in [0.29, 0.717) is 5.56 Å². The molecule has 3 aromatic rings. The molecule has 0 atom stereocenters. The summed E-state index contributed by atoms with van der Waals surface area (Å²) >= 11 is 0. The van der Waals surface area contributed by atoms with E-state index in [1.165, 1.54) is 18.5 Å². The highest BCUT2D eigenvalue weighted by Crippen LogP contribution is 2.09. The Morgan fingerprint density at radius 3 is 2.46 bits per heavy atom. The second kappa shape index (κ2) is 8.02. The molecule has 0 aliphatic rings. The number of hydrogen-bond donors (Lipinski definition) is 1. The average Bonchev–Trinajstić information content (AvgIpc) is 3.20. The molecule has 0 saturated heterocycles. The van der Waals surface area contributed by atoms with Crippen LogP contribution in [0.1, 0.15) is 15.9 Å². The number of carbonyl (C=O) groups is 2. The number of nitrogens with zero attached hydrogens (tertiary/aromatic N) is 3. The summed E-state index contributed by atoms with van der Waals surface area (Å²) in [5.41, 5.74) is 1.81. The zero-order valence-electron chi connectivity index (χ0n) is 13.6. The molecule has 8 heteroatoms. The van der Waals surface area contributed by atoms with E-state index in [2.05, 4.69) is 15.4 Å². The maximum atomic E-state index is 12.8. The second-order valence-corrected chi connectivity index (χ2v) is 5.37. The lowest BCUT2D eigenvalue weighted by Crippen LogP contribution is -2.28. The van der Waals surface area contributed by atoms with Crippen LogP contribution in [0.2, 0.25) is 0 Å². The number of carbonyl (C=O) groups excluding carboxylic acids is 2. The minimum absolute atomic E-state index is 0.225. The molecular formula is C18H15FN4O3. The number of ether oxygens (including phenoxy) is 1. The van der Waals surface area contributed by atoms with Crippen molar-refractivity contribution in [2.24, 2.45) is 0 Å². The highest BCUT2D eigenvalue weighted by atomic mass is 19.1. The number of amides is 1. The van der Waals surface area contributed by atoms with E-state index >= 15 is 0 Å². The van der Waals surface area contributed by atoms with E-state index in [4.69, 9.17) is 4.74 Å². The maximum Gasteiger partial charge on any atom is 0.338 e. The smallest absolute Gasteiger partial charge is 0.338 e. The van der Waals surface area contributed by atoms with Crippen molar-refractivity contribution in [3.8, 4) is 5.69 Å². The molecule has 1 heterocycles. The predicted octanol–water partition coefficient (Wildman–Crippen LogP) is 1.88. The van der Waals surface area contributed by atoms with Crippen LogP contribution in [0.4, 0.5) is 4.39 Å². The summed E-state index contributed by atoms with van der Waals surface area (Å²) in [6.45, 7) is -0.172. The van der Waals surface area contributed by atoms with Gasteiger partial charge < -0.3 is 10.1 Å². The fourth-order valence-electron chi connectivity index (χ4n) is 2.16. The second-order valence-electron chi connectivity index (χ2n) is 5.37. The molecule has 1 aromatic heterocycles. The molecule has 0 aliphatic carbocycles. The fraction of sp³-hybridized carbons (Fsp3) is 0.111.